The topological polar surface area (TPSA) is 237 Å². The van der Waals surface area contributed by atoms with E-state index in [1.807, 2.05) is 0 Å². The fraction of sp³-hybridized carbons (Fsp3) is 0.943. The van der Waals surface area contributed by atoms with Crippen molar-refractivity contribution < 1.29 is 80.2 Å². The molecular formula is C70H136O17P2. The Labute approximate surface area is 543 Å². The van der Waals surface area contributed by atoms with E-state index in [-0.39, 0.29) is 25.7 Å². The first-order valence-corrected chi connectivity index (χ1v) is 39.6. The minimum atomic E-state index is -4.95. The summed E-state index contributed by atoms with van der Waals surface area (Å²) in [5, 5.41) is 10.6. The Hall–Kier alpha value is -1.94. The zero-order valence-corrected chi connectivity index (χ0v) is 59.4. The van der Waals surface area contributed by atoms with Gasteiger partial charge in [0.2, 0.25) is 0 Å². The highest BCUT2D eigenvalue weighted by molar-refractivity contribution is 7.47. The van der Waals surface area contributed by atoms with Crippen LogP contribution in [0.5, 0.6) is 0 Å². The Morgan fingerprint density at radius 3 is 0.764 bits per heavy atom. The van der Waals surface area contributed by atoms with Crippen molar-refractivity contribution >= 4 is 39.5 Å². The number of esters is 4. The number of phosphoric acid groups is 2. The van der Waals surface area contributed by atoms with Crippen LogP contribution in [0.15, 0.2) is 0 Å². The predicted octanol–water partition coefficient (Wildman–Crippen LogP) is 20.1. The first-order chi connectivity index (χ1) is 43.0. The Bertz CT molecular complexity index is 1720. The second kappa shape index (κ2) is 63.5. The average Bonchev–Trinajstić information content (AvgIpc) is 3.55. The maximum atomic E-state index is 13.0. The summed E-state index contributed by atoms with van der Waals surface area (Å²) in [7, 11) is -9.89. The number of carbonyl (C=O) groups excluding carboxylic acids is 4. The minimum absolute atomic E-state index is 0.106. The molecule has 0 spiro atoms. The molecule has 0 rings (SSSR count). The van der Waals surface area contributed by atoms with Gasteiger partial charge >= 0.3 is 39.5 Å². The molecule has 3 N–H and O–H groups in total. The van der Waals surface area contributed by atoms with E-state index >= 15 is 0 Å². The highest BCUT2D eigenvalue weighted by atomic mass is 31.2. The molecular weight excluding hydrogens is 1170 g/mol. The van der Waals surface area contributed by atoms with Crippen LogP contribution in [0.1, 0.15) is 362 Å². The summed E-state index contributed by atoms with van der Waals surface area (Å²) >= 11 is 0. The molecule has 528 valence electrons. The third-order valence-corrected chi connectivity index (χ3v) is 18.2. The van der Waals surface area contributed by atoms with Gasteiger partial charge in [-0.05, 0) is 31.6 Å². The van der Waals surface area contributed by atoms with Crippen molar-refractivity contribution in [3.63, 3.8) is 0 Å². The standard InChI is InChI=1S/C70H136O17P2/c1-6-9-12-15-17-19-21-22-23-24-25-26-27-28-29-31-37-41-46-51-56-70(75)87-66(60-81-68(73)54-49-44-39-35-33-32-34-38-43-47-52-63(4)5)62-85-89(78,79)83-58-64(71)57-82-88(76,77)84-61-65(59-80-67(72)53-48-42-14-11-8-3)86-69(74)55-50-45-40-36-30-20-18-16-13-10-7-2/h63-66,71H,6-62H2,1-5H3,(H,76,77)(H,78,79)/t64-,65+,66+/m0/s1. The SMILES string of the molecule is CCCCCCCCCCCCCCCCCCCCCCC(=O)O[C@H](COC(=O)CCCCCCCCCCCCC(C)C)COP(=O)(O)OC[C@@H](O)COP(=O)(O)OC[C@@H](COC(=O)CCCCCCC)OC(=O)CCCCCCCCCCCCC. The maximum Gasteiger partial charge on any atom is 0.472 e. The fourth-order valence-electron chi connectivity index (χ4n) is 10.6. The zero-order valence-electron chi connectivity index (χ0n) is 57.6. The summed E-state index contributed by atoms with van der Waals surface area (Å²) in [6, 6.07) is 0. The molecule has 0 aromatic rings. The van der Waals surface area contributed by atoms with Crippen LogP contribution in [0.4, 0.5) is 0 Å². The van der Waals surface area contributed by atoms with Crippen molar-refractivity contribution in [2.75, 3.05) is 39.6 Å². The van der Waals surface area contributed by atoms with Gasteiger partial charge in [0.05, 0.1) is 26.4 Å². The van der Waals surface area contributed by atoms with E-state index in [9.17, 15) is 43.2 Å². The molecule has 0 aliphatic carbocycles. The number of hydrogen-bond donors (Lipinski definition) is 3. The average molecular weight is 1310 g/mol. The number of ether oxygens (including phenoxy) is 4. The van der Waals surface area contributed by atoms with Gasteiger partial charge in [-0.15, -0.1) is 0 Å². The van der Waals surface area contributed by atoms with Gasteiger partial charge in [-0.1, -0.05) is 311 Å². The Kier molecular flexibility index (Phi) is 62.1. The van der Waals surface area contributed by atoms with Gasteiger partial charge in [-0.2, -0.15) is 0 Å². The number of aliphatic hydroxyl groups is 1. The molecule has 0 amide bonds. The van der Waals surface area contributed by atoms with Crippen LogP contribution in [0.2, 0.25) is 0 Å². The molecule has 0 heterocycles. The van der Waals surface area contributed by atoms with E-state index in [4.69, 9.17) is 37.0 Å². The second-order valence-corrected chi connectivity index (χ2v) is 28.7. The normalized spacial score (nSPS) is 14.1. The molecule has 17 nitrogen and oxygen atoms in total. The van der Waals surface area contributed by atoms with E-state index in [0.29, 0.717) is 25.7 Å². The van der Waals surface area contributed by atoms with Crippen molar-refractivity contribution in [1.29, 1.82) is 0 Å². The van der Waals surface area contributed by atoms with Gasteiger partial charge in [0.1, 0.15) is 19.3 Å². The van der Waals surface area contributed by atoms with Crippen LogP contribution < -0.4 is 0 Å². The highest BCUT2D eigenvalue weighted by Crippen LogP contribution is 2.45. The molecule has 0 aromatic heterocycles. The van der Waals surface area contributed by atoms with Crippen LogP contribution >= 0.6 is 15.6 Å². The Morgan fingerprint density at radius 1 is 0.303 bits per heavy atom. The van der Waals surface area contributed by atoms with Crippen LogP contribution in [0.3, 0.4) is 0 Å². The number of phosphoric ester groups is 2. The third-order valence-electron chi connectivity index (χ3n) is 16.3. The van der Waals surface area contributed by atoms with Crippen molar-refractivity contribution in [2.24, 2.45) is 5.92 Å². The van der Waals surface area contributed by atoms with Crippen LogP contribution in [0, 0.1) is 5.92 Å². The maximum absolute atomic E-state index is 13.0. The molecule has 19 heteroatoms. The molecule has 5 atom stereocenters. The van der Waals surface area contributed by atoms with E-state index in [2.05, 4.69) is 34.6 Å². The number of aliphatic hydroxyl groups excluding tert-OH is 1. The van der Waals surface area contributed by atoms with E-state index in [1.54, 1.807) is 0 Å². The monoisotopic (exact) mass is 1310 g/mol. The Balaban J connectivity index is 5.12. The summed E-state index contributed by atoms with van der Waals surface area (Å²) < 4.78 is 68.0. The van der Waals surface area contributed by atoms with Gasteiger partial charge in [-0.3, -0.25) is 37.3 Å². The van der Waals surface area contributed by atoms with Crippen LogP contribution in [-0.4, -0.2) is 96.7 Å². The molecule has 0 aliphatic heterocycles. The lowest BCUT2D eigenvalue weighted by molar-refractivity contribution is -0.161. The molecule has 0 aliphatic rings. The van der Waals surface area contributed by atoms with Crippen molar-refractivity contribution in [2.45, 2.75) is 380 Å². The number of hydrogen-bond acceptors (Lipinski definition) is 15. The van der Waals surface area contributed by atoms with Gasteiger partial charge in [0, 0.05) is 25.7 Å². The molecule has 0 radical (unpaired) electrons. The second-order valence-electron chi connectivity index (χ2n) is 25.7. The molecule has 0 saturated heterocycles. The molecule has 89 heavy (non-hydrogen) atoms. The molecule has 0 aromatic carbocycles. The molecule has 0 bridgehead atoms. The number of rotatable bonds is 70. The smallest absolute Gasteiger partial charge is 0.462 e. The third kappa shape index (κ3) is 64.6. The fourth-order valence-corrected chi connectivity index (χ4v) is 12.2. The van der Waals surface area contributed by atoms with Crippen LogP contribution in [0.25, 0.3) is 0 Å². The zero-order chi connectivity index (χ0) is 65.6. The van der Waals surface area contributed by atoms with Crippen molar-refractivity contribution in [3.8, 4) is 0 Å². The van der Waals surface area contributed by atoms with Crippen LogP contribution in [-0.2, 0) is 65.4 Å². The molecule has 0 saturated carbocycles. The molecule has 2 unspecified atom stereocenters. The first kappa shape index (κ1) is 87.1. The summed E-state index contributed by atoms with van der Waals surface area (Å²) in [5.41, 5.74) is 0. The summed E-state index contributed by atoms with van der Waals surface area (Å²) in [6.07, 6.45) is 50.4. The predicted molar refractivity (Wildman–Crippen MR) is 358 cm³/mol. The van der Waals surface area contributed by atoms with E-state index in [0.717, 1.165) is 102 Å². The van der Waals surface area contributed by atoms with Crippen molar-refractivity contribution in [3.05, 3.63) is 0 Å². The summed E-state index contributed by atoms with van der Waals surface area (Å²) in [4.78, 5) is 72.2. The van der Waals surface area contributed by atoms with Gasteiger partial charge in [-0.25, -0.2) is 9.13 Å². The molecule has 0 fully saturated rings. The first-order valence-electron chi connectivity index (χ1n) is 36.6. The lowest BCUT2D eigenvalue weighted by Gasteiger charge is -2.21. The lowest BCUT2D eigenvalue weighted by Crippen LogP contribution is -2.30. The van der Waals surface area contributed by atoms with E-state index in [1.165, 1.54) is 180 Å². The van der Waals surface area contributed by atoms with Gasteiger partial charge in [0.25, 0.3) is 0 Å². The highest BCUT2D eigenvalue weighted by Gasteiger charge is 2.30. The number of carbonyl (C=O) groups is 4. The van der Waals surface area contributed by atoms with Gasteiger partial charge in [0.15, 0.2) is 12.2 Å². The summed E-state index contributed by atoms with van der Waals surface area (Å²) in [6.45, 7) is 7.15. The van der Waals surface area contributed by atoms with Gasteiger partial charge < -0.3 is 33.8 Å². The largest absolute Gasteiger partial charge is 0.472 e. The van der Waals surface area contributed by atoms with Crippen molar-refractivity contribution in [1.82, 2.24) is 0 Å². The van der Waals surface area contributed by atoms with E-state index < -0.39 is 97.5 Å². The summed E-state index contributed by atoms with van der Waals surface area (Å²) in [5.74, 6) is -1.38. The lowest BCUT2D eigenvalue weighted by atomic mass is 10.0. The number of unbranched alkanes of at least 4 members (excludes halogenated alkanes) is 42. The minimum Gasteiger partial charge on any atom is -0.462 e. The quantitative estimate of drug-likeness (QED) is 0.0222. The Morgan fingerprint density at radius 2 is 0.517 bits per heavy atom.